The Kier molecular flexibility index (Phi) is 4.93. The molecule has 0 fully saturated rings. The number of hydrogen-bond donors (Lipinski definition) is 1. The zero-order valence-electron chi connectivity index (χ0n) is 11.4. The second-order valence-electron chi connectivity index (χ2n) is 4.38. The first kappa shape index (κ1) is 14.8. The van der Waals surface area contributed by atoms with Gasteiger partial charge in [-0.1, -0.05) is 17.7 Å². The lowest BCUT2D eigenvalue weighted by Gasteiger charge is -2.17. The van der Waals surface area contributed by atoms with E-state index in [1.807, 2.05) is 13.1 Å². The van der Waals surface area contributed by atoms with Gasteiger partial charge in [0.05, 0.1) is 23.9 Å². The molecule has 1 atom stereocenters. The summed E-state index contributed by atoms with van der Waals surface area (Å²) >= 11 is 6.15. The molecule has 0 aliphatic carbocycles. The Balaban J connectivity index is 2.23. The molecule has 0 saturated carbocycles. The van der Waals surface area contributed by atoms with Crippen LogP contribution in [0.25, 0.3) is 0 Å². The summed E-state index contributed by atoms with van der Waals surface area (Å²) < 4.78 is 18.6. The molecule has 1 heterocycles. The van der Waals surface area contributed by atoms with Crippen LogP contribution in [0.5, 0.6) is 5.75 Å². The van der Waals surface area contributed by atoms with Gasteiger partial charge in [-0.15, -0.1) is 0 Å². The summed E-state index contributed by atoms with van der Waals surface area (Å²) in [6.07, 6.45) is 2.29. The fourth-order valence-corrected chi connectivity index (χ4v) is 2.32. The number of aromatic nitrogens is 1. The first-order valence-electron chi connectivity index (χ1n) is 6.25. The normalized spacial score (nSPS) is 12.2. The highest BCUT2D eigenvalue weighted by Crippen LogP contribution is 2.25. The molecule has 0 aliphatic heterocycles. The number of pyridine rings is 1. The van der Waals surface area contributed by atoms with Gasteiger partial charge >= 0.3 is 0 Å². The van der Waals surface area contributed by atoms with Crippen LogP contribution in [0.4, 0.5) is 4.39 Å². The molecule has 20 heavy (non-hydrogen) atoms. The van der Waals surface area contributed by atoms with E-state index in [0.717, 1.165) is 11.3 Å². The van der Waals surface area contributed by atoms with Crippen LogP contribution in [0.3, 0.4) is 0 Å². The number of methoxy groups -OCH3 is 1. The van der Waals surface area contributed by atoms with Crippen LogP contribution in [0, 0.1) is 5.82 Å². The maximum absolute atomic E-state index is 13.7. The Labute approximate surface area is 122 Å². The summed E-state index contributed by atoms with van der Waals surface area (Å²) in [5.41, 5.74) is 1.61. The van der Waals surface area contributed by atoms with Crippen molar-refractivity contribution in [3.63, 3.8) is 0 Å². The van der Waals surface area contributed by atoms with Crippen molar-refractivity contribution in [2.75, 3.05) is 14.2 Å². The SMILES string of the molecule is CNC(Cc1ccc(OC)c(F)c1)c1ncccc1Cl. The number of ether oxygens (including phenoxy) is 1. The maximum atomic E-state index is 13.7. The molecule has 0 radical (unpaired) electrons. The van der Waals surface area contributed by atoms with E-state index in [9.17, 15) is 4.39 Å². The van der Waals surface area contributed by atoms with E-state index in [-0.39, 0.29) is 17.6 Å². The molecule has 1 N–H and O–H groups in total. The molecule has 3 nitrogen and oxygen atoms in total. The zero-order valence-corrected chi connectivity index (χ0v) is 12.1. The van der Waals surface area contributed by atoms with Crippen LogP contribution in [0.15, 0.2) is 36.5 Å². The van der Waals surface area contributed by atoms with Gasteiger partial charge in [0, 0.05) is 6.20 Å². The Morgan fingerprint density at radius 3 is 2.80 bits per heavy atom. The average molecular weight is 295 g/mol. The Morgan fingerprint density at radius 1 is 1.40 bits per heavy atom. The molecule has 1 unspecified atom stereocenters. The monoisotopic (exact) mass is 294 g/mol. The quantitative estimate of drug-likeness (QED) is 0.918. The molecular weight excluding hydrogens is 279 g/mol. The van der Waals surface area contributed by atoms with Gasteiger partial charge in [0.25, 0.3) is 0 Å². The lowest BCUT2D eigenvalue weighted by atomic mass is 10.0. The third-order valence-electron chi connectivity index (χ3n) is 3.12. The minimum absolute atomic E-state index is 0.0727. The molecule has 2 rings (SSSR count). The van der Waals surface area contributed by atoms with Crippen molar-refractivity contribution < 1.29 is 9.13 Å². The van der Waals surface area contributed by atoms with Crippen molar-refractivity contribution in [2.45, 2.75) is 12.5 Å². The predicted molar refractivity (Wildman–Crippen MR) is 77.7 cm³/mol. The van der Waals surface area contributed by atoms with Gasteiger partial charge in [-0.25, -0.2) is 4.39 Å². The van der Waals surface area contributed by atoms with Crippen molar-refractivity contribution in [3.05, 3.63) is 58.6 Å². The molecule has 0 aliphatic rings. The molecular formula is C15H16ClFN2O. The van der Waals surface area contributed by atoms with Gasteiger partial charge in [-0.05, 0) is 43.3 Å². The summed E-state index contributed by atoms with van der Waals surface area (Å²) in [6.45, 7) is 0. The number of nitrogens with one attached hydrogen (secondary N) is 1. The largest absolute Gasteiger partial charge is 0.494 e. The number of hydrogen-bond acceptors (Lipinski definition) is 3. The van der Waals surface area contributed by atoms with Crippen molar-refractivity contribution in [1.82, 2.24) is 10.3 Å². The van der Waals surface area contributed by atoms with Crippen LogP contribution >= 0.6 is 11.6 Å². The van der Waals surface area contributed by atoms with Crippen LogP contribution in [-0.2, 0) is 6.42 Å². The Hall–Kier alpha value is -1.65. The van der Waals surface area contributed by atoms with E-state index >= 15 is 0 Å². The lowest BCUT2D eigenvalue weighted by molar-refractivity contribution is 0.386. The minimum atomic E-state index is -0.369. The number of benzene rings is 1. The van der Waals surface area contributed by atoms with E-state index in [1.165, 1.54) is 13.2 Å². The van der Waals surface area contributed by atoms with Crippen molar-refractivity contribution in [3.8, 4) is 5.75 Å². The highest BCUT2D eigenvalue weighted by Gasteiger charge is 2.15. The summed E-state index contributed by atoms with van der Waals surface area (Å²) in [7, 11) is 3.28. The summed E-state index contributed by atoms with van der Waals surface area (Å²) in [6, 6.07) is 8.44. The van der Waals surface area contributed by atoms with Crippen molar-refractivity contribution in [1.29, 1.82) is 0 Å². The van der Waals surface area contributed by atoms with Gasteiger partial charge in [-0.3, -0.25) is 4.98 Å². The molecule has 5 heteroatoms. The van der Waals surface area contributed by atoms with Gasteiger partial charge in [-0.2, -0.15) is 0 Å². The van der Waals surface area contributed by atoms with Gasteiger partial charge in [0.2, 0.25) is 0 Å². The number of nitrogens with zero attached hydrogens (tertiary/aromatic N) is 1. The fourth-order valence-electron chi connectivity index (χ4n) is 2.06. The van der Waals surface area contributed by atoms with Gasteiger partial charge in [0.15, 0.2) is 11.6 Å². The van der Waals surface area contributed by atoms with Gasteiger partial charge in [0.1, 0.15) is 0 Å². The molecule has 1 aromatic heterocycles. The van der Waals surface area contributed by atoms with Crippen LogP contribution in [0.2, 0.25) is 5.02 Å². The first-order valence-corrected chi connectivity index (χ1v) is 6.63. The topological polar surface area (TPSA) is 34.1 Å². The maximum Gasteiger partial charge on any atom is 0.165 e. The second-order valence-corrected chi connectivity index (χ2v) is 4.79. The predicted octanol–water partition coefficient (Wildman–Crippen LogP) is 3.39. The lowest BCUT2D eigenvalue weighted by Crippen LogP contribution is -2.20. The highest BCUT2D eigenvalue weighted by atomic mass is 35.5. The molecule has 106 valence electrons. The first-order chi connectivity index (χ1) is 9.65. The van der Waals surface area contributed by atoms with Crippen molar-refractivity contribution >= 4 is 11.6 Å². The standard InChI is InChI=1S/C15H16ClFN2O/c1-18-13(15-11(16)4-3-7-19-15)9-10-5-6-14(20-2)12(17)8-10/h3-8,13,18H,9H2,1-2H3. The van der Waals surface area contributed by atoms with E-state index in [0.29, 0.717) is 11.4 Å². The summed E-state index contributed by atoms with van der Waals surface area (Å²) in [4.78, 5) is 4.29. The van der Waals surface area contributed by atoms with Crippen molar-refractivity contribution in [2.24, 2.45) is 0 Å². The number of likely N-dealkylation sites (N-methyl/N-ethyl adjacent to an activating group) is 1. The van der Waals surface area contributed by atoms with E-state index in [2.05, 4.69) is 10.3 Å². The third-order valence-corrected chi connectivity index (χ3v) is 3.44. The molecule has 0 amide bonds. The van der Waals surface area contributed by atoms with E-state index in [1.54, 1.807) is 24.4 Å². The minimum Gasteiger partial charge on any atom is -0.494 e. The highest BCUT2D eigenvalue weighted by molar-refractivity contribution is 6.31. The number of rotatable bonds is 5. The summed E-state index contributed by atoms with van der Waals surface area (Å²) in [5.74, 6) is -0.127. The van der Waals surface area contributed by atoms with E-state index in [4.69, 9.17) is 16.3 Å². The second kappa shape index (κ2) is 6.68. The molecule has 0 bridgehead atoms. The van der Waals surface area contributed by atoms with Crippen LogP contribution in [0.1, 0.15) is 17.3 Å². The van der Waals surface area contributed by atoms with E-state index < -0.39 is 0 Å². The third kappa shape index (κ3) is 3.26. The Morgan fingerprint density at radius 2 is 2.20 bits per heavy atom. The zero-order chi connectivity index (χ0) is 14.5. The average Bonchev–Trinajstić information content (AvgIpc) is 2.46. The fraction of sp³-hybridized carbons (Fsp3) is 0.267. The van der Waals surface area contributed by atoms with Crippen LogP contribution in [-0.4, -0.2) is 19.1 Å². The van der Waals surface area contributed by atoms with Gasteiger partial charge < -0.3 is 10.1 Å². The molecule has 0 saturated heterocycles. The molecule has 1 aromatic carbocycles. The number of halogens is 2. The summed E-state index contributed by atoms with van der Waals surface area (Å²) in [5, 5.41) is 3.75. The molecule has 0 spiro atoms. The Bertz CT molecular complexity index is 592. The molecule has 2 aromatic rings. The van der Waals surface area contributed by atoms with Crippen LogP contribution < -0.4 is 10.1 Å². The smallest absolute Gasteiger partial charge is 0.165 e.